The first-order valence-corrected chi connectivity index (χ1v) is 9.48. The molecule has 1 aliphatic carbocycles. The van der Waals surface area contributed by atoms with Gasteiger partial charge >= 0.3 is 0 Å². The largest absolute Gasteiger partial charge is 0.0776 e. The normalized spacial score (nSPS) is 17.9. The molecule has 134 valence electrons. The van der Waals surface area contributed by atoms with Crippen molar-refractivity contribution in [2.75, 3.05) is 0 Å². The molecule has 1 saturated carbocycles. The topological polar surface area (TPSA) is 0 Å². The lowest BCUT2D eigenvalue weighted by molar-refractivity contribution is 0.213. The highest BCUT2D eigenvalue weighted by Crippen LogP contribution is 2.33. The molecule has 2 atom stereocenters. The van der Waals surface area contributed by atoms with E-state index in [9.17, 15) is 0 Å². The fourth-order valence-corrected chi connectivity index (χ4v) is 3.35. The summed E-state index contributed by atoms with van der Waals surface area (Å²) >= 11 is 0. The smallest absolute Gasteiger partial charge is 0.0167 e. The van der Waals surface area contributed by atoms with Crippen molar-refractivity contribution < 1.29 is 0 Å². The van der Waals surface area contributed by atoms with E-state index in [0.717, 1.165) is 23.7 Å². The molecule has 0 amide bonds. The van der Waals surface area contributed by atoms with E-state index in [-0.39, 0.29) is 7.43 Å². The van der Waals surface area contributed by atoms with Crippen molar-refractivity contribution in [2.45, 2.75) is 87.0 Å². The Kier molecular flexibility index (Phi) is 11.3. The van der Waals surface area contributed by atoms with Gasteiger partial charge in [0.15, 0.2) is 0 Å². The van der Waals surface area contributed by atoms with Crippen molar-refractivity contribution in [3.05, 3.63) is 35.9 Å². The molecule has 0 aliphatic heterocycles. The molecule has 0 saturated heterocycles. The van der Waals surface area contributed by atoms with Crippen LogP contribution in [-0.2, 0) is 0 Å². The van der Waals surface area contributed by atoms with Crippen LogP contribution in [0.1, 0.15) is 92.6 Å². The van der Waals surface area contributed by atoms with E-state index < -0.39 is 0 Å². The summed E-state index contributed by atoms with van der Waals surface area (Å²) in [4.78, 5) is 0. The van der Waals surface area contributed by atoms with Crippen LogP contribution in [0.15, 0.2) is 30.3 Å². The molecule has 1 aromatic carbocycles. The molecule has 1 aliphatic rings. The van der Waals surface area contributed by atoms with Gasteiger partial charge in [0, 0.05) is 0 Å². The van der Waals surface area contributed by atoms with Crippen LogP contribution in [0.5, 0.6) is 0 Å². The van der Waals surface area contributed by atoms with Crippen molar-refractivity contribution >= 4 is 0 Å². The van der Waals surface area contributed by atoms with Gasteiger partial charge in [-0.15, -0.1) is 0 Å². The summed E-state index contributed by atoms with van der Waals surface area (Å²) in [6.07, 6.45) is 7.46. The summed E-state index contributed by atoms with van der Waals surface area (Å²) in [7, 11) is 0. The minimum absolute atomic E-state index is 0. The second-order valence-corrected chi connectivity index (χ2v) is 7.94. The van der Waals surface area contributed by atoms with Crippen LogP contribution >= 0.6 is 0 Å². The van der Waals surface area contributed by atoms with E-state index in [1.807, 2.05) is 0 Å². The number of hydrogen-bond acceptors (Lipinski definition) is 0. The van der Waals surface area contributed by atoms with Gasteiger partial charge < -0.3 is 0 Å². The van der Waals surface area contributed by atoms with Gasteiger partial charge in [0.2, 0.25) is 0 Å². The van der Waals surface area contributed by atoms with Crippen LogP contribution in [-0.4, -0.2) is 0 Å². The van der Waals surface area contributed by atoms with Gasteiger partial charge in [-0.05, 0) is 35.2 Å². The molecule has 1 fully saturated rings. The van der Waals surface area contributed by atoms with Gasteiger partial charge in [0.1, 0.15) is 0 Å². The fourth-order valence-electron chi connectivity index (χ4n) is 3.35. The zero-order chi connectivity index (χ0) is 16.5. The summed E-state index contributed by atoms with van der Waals surface area (Å²) in [5.74, 6) is 4.30. The van der Waals surface area contributed by atoms with E-state index in [1.165, 1.54) is 37.7 Å². The van der Waals surface area contributed by atoms with Gasteiger partial charge in [0.05, 0.1) is 0 Å². The van der Waals surface area contributed by atoms with Crippen molar-refractivity contribution in [3.63, 3.8) is 0 Å². The average Bonchev–Trinajstić information content (AvgIpc) is 2.55. The molecule has 0 radical (unpaired) electrons. The van der Waals surface area contributed by atoms with E-state index in [1.54, 1.807) is 0 Å². The van der Waals surface area contributed by atoms with Crippen LogP contribution in [0.2, 0.25) is 0 Å². The highest BCUT2D eigenvalue weighted by Gasteiger charge is 2.21. The Balaban J connectivity index is 0.000000403. The Morgan fingerprint density at radius 2 is 1.26 bits per heavy atom. The monoisotopic (exact) mass is 318 g/mol. The maximum absolute atomic E-state index is 2.43. The molecule has 0 heterocycles. The Labute approximate surface area is 147 Å². The standard InChI is InChI=1S/C11H22.C11H16.CH4/c2*1-9(2)10(3)11-7-5-4-6-8-11;/h9-11H,4-8H2,1-3H3;4-10H,1-3H3;1H4/t2*10-;/m11./s1. The van der Waals surface area contributed by atoms with E-state index in [2.05, 4.69) is 71.9 Å². The third-order valence-corrected chi connectivity index (χ3v) is 5.77. The fraction of sp³-hybridized carbons (Fsp3) is 0.739. The minimum Gasteiger partial charge on any atom is -0.0776 e. The average molecular weight is 319 g/mol. The van der Waals surface area contributed by atoms with Gasteiger partial charge in [-0.25, -0.2) is 0 Å². The lowest BCUT2D eigenvalue weighted by Gasteiger charge is -2.30. The second-order valence-electron chi connectivity index (χ2n) is 7.94. The maximum atomic E-state index is 2.43. The Bertz CT molecular complexity index is 370. The van der Waals surface area contributed by atoms with Gasteiger partial charge in [-0.2, -0.15) is 0 Å². The molecule has 2 rings (SSSR count). The summed E-state index contributed by atoms with van der Waals surface area (Å²) in [6, 6.07) is 10.7. The van der Waals surface area contributed by atoms with Crippen molar-refractivity contribution in [2.24, 2.45) is 23.7 Å². The summed E-state index contributed by atoms with van der Waals surface area (Å²) < 4.78 is 0. The van der Waals surface area contributed by atoms with Crippen LogP contribution in [0.4, 0.5) is 0 Å². The Morgan fingerprint density at radius 1 is 0.739 bits per heavy atom. The van der Waals surface area contributed by atoms with Crippen molar-refractivity contribution in [1.29, 1.82) is 0 Å². The maximum Gasteiger partial charge on any atom is -0.0167 e. The van der Waals surface area contributed by atoms with E-state index >= 15 is 0 Å². The van der Waals surface area contributed by atoms with Gasteiger partial charge in [-0.3, -0.25) is 0 Å². The van der Waals surface area contributed by atoms with E-state index in [4.69, 9.17) is 0 Å². The predicted octanol–water partition coefficient (Wildman–Crippen LogP) is 7.94. The van der Waals surface area contributed by atoms with Crippen LogP contribution in [0.3, 0.4) is 0 Å². The summed E-state index contributed by atoms with van der Waals surface area (Å²) in [6.45, 7) is 14.0. The second kappa shape index (κ2) is 11.7. The number of hydrogen-bond donors (Lipinski definition) is 0. The molecule has 0 spiro atoms. The van der Waals surface area contributed by atoms with Crippen molar-refractivity contribution in [1.82, 2.24) is 0 Å². The Morgan fingerprint density at radius 3 is 1.70 bits per heavy atom. The zero-order valence-corrected chi connectivity index (χ0v) is 15.8. The summed E-state index contributed by atoms with van der Waals surface area (Å²) in [5, 5.41) is 0. The third kappa shape index (κ3) is 8.04. The predicted molar refractivity (Wildman–Crippen MR) is 107 cm³/mol. The Hall–Kier alpha value is -0.780. The molecular weight excluding hydrogens is 276 g/mol. The zero-order valence-electron chi connectivity index (χ0n) is 15.8. The lowest BCUT2D eigenvalue weighted by atomic mass is 9.76. The highest BCUT2D eigenvalue weighted by atomic mass is 14.3. The first-order valence-electron chi connectivity index (χ1n) is 9.48. The molecule has 23 heavy (non-hydrogen) atoms. The molecule has 0 unspecified atom stereocenters. The molecular formula is C23H42. The van der Waals surface area contributed by atoms with Crippen LogP contribution in [0, 0.1) is 23.7 Å². The quantitative estimate of drug-likeness (QED) is 0.528. The molecule has 0 aromatic heterocycles. The first kappa shape index (κ1) is 22.2. The molecule has 0 N–H and O–H groups in total. The lowest BCUT2D eigenvalue weighted by Crippen LogP contribution is -2.19. The molecule has 0 nitrogen and oxygen atoms in total. The summed E-state index contributed by atoms with van der Waals surface area (Å²) in [5.41, 5.74) is 1.45. The SMILES string of the molecule is C.CC(C)[C@@H](C)C1CCCCC1.CC(C)[C@@H](C)c1ccccc1. The van der Waals surface area contributed by atoms with Crippen LogP contribution in [0.25, 0.3) is 0 Å². The molecule has 0 heteroatoms. The number of rotatable bonds is 4. The molecule has 1 aromatic rings. The van der Waals surface area contributed by atoms with Gasteiger partial charge in [0.25, 0.3) is 0 Å². The number of benzene rings is 1. The first-order chi connectivity index (χ1) is 10.4. The van der Waals surface area contributed by atoms with E-state index in [0.29, 0.717) is 5.92 Å². The van der Waals surface area contributed by atoms with Gasteiger partial charge in [-0.1, -0.05) is 111 Å². The van der Waals surface area contributed by atoms with Crippen LogP contribution < -0.4 is 0 Å². The highest BCUT2D eigenvalue weighted by molar-refractivity contribution is 5.18. The molecule has 0 bridgehead atoms. The van der Waals surface area contributed by atoms with Crippen molar-refractivity contribution in [3.8, 4) is 0 Å². The minimum atomic E-state index is 0. The third-order valence-electron chi connectivity index (χ3n) is 5.77.